The molecule has 2 aliphatic heterocycles. The van der Waals surface area contributed by atoms with E-state index in [0.717, 1.165) is 31.5 Å². The fraction of sp³-hybridized carbons (Fsp3) is 0.944. The topological polar surface area (TPSA) is 40.1 Å². The van der Waals surface area contributed by atoms with Crippen molar-refractivity contribution >= 4 is 29.9 Å². The molecule has 24 heavy (non-hydrogen) atoms. The lowest BCUT2D eigenvalue weighted by Gasteiger charge is -2.31. The van der Waals surface area contributed by atoms with Crippen molar-refractivity contribution in [3.63, 3.8) is 0 Å². The zero-order valence-electron chi connectivity index (χ0n) is 16.2. The van der Waals surface area contributed by atoms with Gasteiger partial charge in [0.05, 0.1) is 6.10 Å². The van der Waals surface area contributed by atoms with Gasteiger partial charge in [0.25, 0.3) is 0 Å². The number of likely N-dealkylation sites (tertiary alicyclic amines) is 2. The van der Waals surface area contributed by atoms with Gasteiger partial charge in [-0.25, -0.2) is 0 Å². The predicted octanol–water partition coefficient (Wildman–Crippen LogP) is 2.66. The second kappa shape index (κ2) is 10.2. The Balaban J connectivity index is 0.00000288. The van der Waals surface area contributed by atoms with Crippen LogP contribution in [-0.4, -0.2) is 75.3 Å². The molecule has 2 heterocycles. The lowest BCUT2D eigenvalue weighted by atomic mass is 9.89. The van der Waals surface area contributed by atoms with Gasteiger partial charge in [0.15, 0.2) is 5.96 Å². The largest absolute Gasteiger partial charge is 0.379 e. The molecule has 142 valence electrons. The highest BCUT2D eigenvalue weighted by Gasteiger charge is 2.29. The van der Waals surface area contributed by atoms with Crippen molar-refractivity contribution in [3.05, 3.63) is 0 Å². The van der Waals surface area contributed by atoms with E-state index in [2.05, 4.69) is 40.9 Å². The molecule has 0 aliphatic carbocycles. The van der Waals surface area contributed by atoms with Crippen LogP contribution in [0, 0.1) is 11.3 Å². The number of ether oxygens (including phenoxy) is 1. The Kier molecular flexibility index (Phi) is 9.30. The average Bonchev–Trinajstić information content (AvgIpc) is 3.15. The molecular weight excluding hydrogens is 415 g/mol. The number of aliphatic imine (C=N–C) groups is 1. The number of nitrogens with zero attached hydrogens (tertiary/aromatic N) is 3. The first kappa shape index (κ1) is 22.0. The van der Waals surface area contributed by atoms with Gasteiger partial charge >= 0.3 is 0 Å². The minimum Gasteiger partial charge on any atom is -0.379 e. The maximum Gasteiger partial charge on any atom is 0.193 e. The highest BCUT2D eigenvalue weighted by molar-refractivity contribution is 14.0. The maximum atomic E-state index is 5.64. The van der Waals surface area contributed by atoms with Crippen molar-refractivity contribution < 1.29 is 4.74 Å². The summed E-state index contributed by atoms with van der Waals surface area (Å²) in [4.78, 5) is 9.53. The van der Waals surface area contributed by atoms with Gasteiger partial charge in [-0.3, -0.25) is 4.99 Å². The molecule has 0 bridgehead atoms. The van der Waals surface area contributed by atoms with E-state index >= 15 is 0 Å². The third-order valence-corrected chi connectivity index (χ3v) is 5.21. The molecule has 0 aromatic rings. The molecule has 6 heteroatoms. The van der Waals surface area contributed by atoms with E-state index in [1.54, 1.807) is 7.11 Å². The van der Waals surface area contributed by atoms with Gasteiger partial charge in [0, 0.05) is 40.3 Å². The zero-order chi connectivity index (χ0) is 16.9. The molecule has 2 aliphatic rings. The number of rotatable bonds is 5. The van der Waals surface area contributed by atoms with E-state index in [1.165, 1.54) is 38.9 Å². The molecule has 2 rings (SSSR count). The van der Waals surface area contributed by atoms with E-state index in [-0.39, 0.29) is 35.5 Å². The molecule has 0 aromatic carbocycles. The molecule has 0 radical (unpaired) electrons. The van der Waals surface area contributed by atoms with E-state index in [0.29, 0.717) is 0 Å². The molecule has 0 amide bonds. The number of guanidine groups is 1. The molecule has 0 aromatic heterocycles. The Morgan fingerprint density at radius 1 is 1.25 bits per heavy atom. The summed E-state index contributed by atoms with van der Waals surface area (Å²) in [5.41, 5.74) is 0.129. The first-order valence-electron chi connectivity index (χ1n) is 9.14. The van der Waals surface area contributed by atoms with Gasteiger partial charge in [-0.05, 0) is 43.7 Å². The quantitative estimate of drug-likeness (QED) is 0.396. The van der Waals surface area contributed by atoms with Crippen molar-refractivity contribution in [1.82, 2.24) is 15.1 Å². The summed E-state index contributed by atoms with van der Waals surface area (Å²) in [6.07, 6.45) is 4.22. The third-order valence-electron chi connectivity index (χ3n) is 5.21. The van der Waals surface area contributed by atoms with E-state index in [1.807, 2.05) is 7.05 Å². The summed E-state index contributed by atoms with van der Waals surface area (Å²) in [6, 6.07) is 0. The van der Waals surface area contributed by atoms with Crippen LogP contribution in [0.5, 0.6) is 0 Å². The summed E-state index contributed by atoms with van der Waals surface area (Å²) in [5, 5.41) is 3.52. The SMILES string of the molecule is CN=C(NCC(OC)C(C)(C)C)N1CCC(CN2CCCC2)C1.I. The van der Waals surface area contributed by atoms with Crippen LogP contribution in [-0.2, 0) is 4.74 Å². The molecule has 5 nitrogen and oxygen atoms in total. The summed E-state index contributed by atoms with van der Waals surface area (Å²) in [7, 11) is 3.68. The summed E-state index contributed by atoms with van der Waals surface area (Å²) >= 11 is 0. The number of nitrogens with one attached hydrogen (secondary N) is 1. The lowest BCUT2D eigenvalue weighted by Crippen LogP contribution is -2.46. The Hall–Kier alpha value is -0.0800. The number of methoxy groups -OCH3 is 1. The van der Waals surface area contributed by atoms with E-state index in [4.69, 9.17) is 4.74 Å². The van der Waals surface area contributed by atoms with Crippen LogP contribution < -0.4 is 5.32 Å². The Bertz CT molecular complexity index is 391. The van der Waals surface area contributed by atoms with Crippen LogP contribution >= 0.6 is 24.0 Å². The fourth-order valence-corrected chi connectivity index (χ4v) is 3.76. The van der Waals surface area contributed by atoms with Crippen LogP contribution in [0.25, 0.3) is 0 Å². The van der Waals surface area contributed by atoms with Gasteiger partial charge in [-0.15, -0.1) is 24.0 Å². The smallest absolute Gasteiger partial charge is 0.193 e. The first-order valence-corrected chi connectivity index (χ1v) is 9.14. The van der Waals surface area contributed by atoms with Crippen molar-refractivity contribution in [1.29, 1.82) is 0 Å². The summed E-state index contributed by atoms with van der Waals surface area (Å²) < 4.78 is 5.64. The summed E-state index contributed by atoms with van der Waals surface area (Å²) in [6.45, 7) is 13.6. The van der Waals surface area contributed by atoms with Crippen LogP contribution in [0.4, 0.5) is 0 Å². The van der Waals surface area contributed by atoms with Crippen LogP contribution in [0.2, 0.25) is 0 Å². The minimum atomic E-state index is 0. The molecule has 2 saturated heterocycles. The third kappa shape index (κ3) is 6.33. The fourth-order valence-electron chi connectivity index (χ4n) is 3.76. The van der Waals surface area contributed by atoms with Crippen LogP contribution in [0.15, 0.2) is 4.99 Å². The molecule has 0 saturated carbocycles. The average molecular weight is 452 g/mol. The Morgan fingerprint density at radius 3 is 2.46 bits per heavy atom. The summed E-state index contributed by atoms with van der Waals surface area (Å²) in [5.74, 6) is 1.81. The Morgan fingerprint density at radius 2 is 1.92 bits per heavy atom. The number of hydrogen-bond acceptors (Lipinski definition) is 3. The van der Waals surface area contributed by atoms with Crippen molar-refractivity contribution in [3.8, 4) is 0 Å². The number of hydrogen-bond donors (Lipinski definition) is 1. The second-order valence-corrected chi connectivity index (χ2v) is 8.13. The van der Waals surface area contributed by atoms with Gasteiger partial charge in [-0.2, -0.15) is 0 Å². The molecule has 2 unspecified atom stereocenters. The van der Waals surface area contributed by atoms with Crippen LogP contribution in [0.3, 0.4) is 0 Å². The molecule has 0 spiro atoms. The predicted molar refractivity (Wildman–Crippen MR) is 112 cm³/mol. The van der Waals surface area contributed by atoms with Crippen molar-refractivity contribution in [2.24, 2.45) is 16.3 Å². The molecular formula is C18H37IN4O. The zero-order valence-corrected chi connectivity index (χ0v) is 18.5. The maximum absolute atomic E-state index is 5.64. The highest BCUT2D eigenvalue weighted by Crippen LogP contribution is 2.22. The van der Waals surface area contributed by atoms with Gasteiger partial charge in [0.1, 0.15) is 0 Å². The first-order chi connectivity index (χ1) is 10.9. The monoisotopic (exact) mass is 452 g/mol. The molecule has 2 atom stereocenters. The Labute approximate surface area is 165 Å². The molecule has 2 fully saturated rings. The standard InChI is InChI=1S/C18H36N4O.HI/c1-18(2,3)16(23-5)12-20-17(19-4)22-11-8-15(14-22)13-21-9-6-7-10-21;/h15-16H,6-14H2,1-5H3,(H,19,20);1H. The van der Waals surface area contributed by atoms with Gasteiger partial charge in [0.2, 0.25) is 0 Å². The van der Waals surface area contributed by atoms with Crippen molar-refractivity contribution in [2.45, 2.75) is 46.1 Å². The van der Waals surface area contributed by atoms with Gasteiger partial charge in [-0.1, -0.05) is 20.8 Å². The molecule has 1 N–H and O–H groups in total. The normalized spacial score (nSPS) is 24.1. The van der Waals surface area contributed by atoms with Gasteiger partial charge < -0.3 is 19.9 Å². The minimum absolute atomic E-state index is 0. The van der Waals surface area contributed by atoms with E-state index in [9.17, 15) is 0 Å². The lowest BCUT2D eigenvalue weighted by molar-refractivity contribution is 0.0202. The van der Waals surface area contributed by atoms with E-state index < -0.39 is 0 Å². The highest BCUT2D eigenvalue weighted by atomic mass is 127. The second-order valence-electron chi connectivity index (χ2n) is 8.13. The van der Waals surface area contributed by atoms with Crippen LogP contribution in [0.1, 0.15) is 40.0 Å². The van der Waals surface area contributed by atoms with Crippen molar-refractivity contribution in [2.75, 3.05) is 53.4 Å². The number of halogens is 1.